The first-order valence-electron chi connectivity index (χ1n) is 8.97. The van der Waals surface area contributed by atoms with Crippen LogP contribution in [0.15, 0.2) is 24.3 Å². The number of benzene rings is 1. The molecular formula is C19H31N3O2. The van der Waals surface area contributed by atoms with E-state index in [0.29, 0.717) is 19.7 Å². The fourth-order valence-electron chi connectivity index (χ4n) is 2.87. The van der Waals surface area contributed by atoms with Crippen LogP contribution >= 0.6 is 0 Å². The van der Waals surface area contributed by atoms with Crippen molar-refractivity contribution in [3.63, 3.8) is 0 Å². The smallest absolute Gasteiger partial charge is 0.234 e. The number of nitrogens with one attached hydrogen (secondary N) is 1. The Morgan fingerprint density at radius 3 is 2.67 bits per heavy atom. The molecule has 1 aromatic rings. The van der Waals surface area contributed by atoms with Crippen LogP contribution in [0.5, 0.6) is 0 Å². The van der Waals surface area contributed by atoms with Crippen molar-refractivity contribution in [3.05, 3.63) is 29.8 Å². The molecule has 1 amide bonds. The first-order chi connectivity index (χ1) is 11.5. The highest BCUT2D eigenvalue weighted by atomic mass is 16.5. The third kappa shape index (κ3) is 6.49. The molecule has 5 nitrogen and oxygen atoms in total. The highest BCUT2D eigenvalue weighted by molar-refractivity contribution is 5.78. The first kappa shape index (κ1) is 18.7. The highest BCUT2D eigenvalue weighted by Gasteiger charge is 2.19. The minimum atomic E-state index is 0.114. The fraction of sp³-hybridized carbons (Fsp3) is 0.632. The van der Waals surface area contributed by atoms with Crippen LogP contribution < -0.4 is 10.2 Å². The van der Waals surface area contributed by atoms with Gasteiger partial charge in [0, 0.05) is 45.0 Å². The number of carbonyl (C=O) groups is 1. The molecule has 1 N–H and O–H groups in total. The summed E-state index contributed by atoms with van der Waals surface area (Å²) in [4.78, 5) is 16.6. The lowest BCUT2D eigenvalue weighted by molar-refractivity contribution is -0.122. The average Bonchev–Trinajstić information content (AvgIpc) is 2.55. The number of anilines is 1. The van der Waals surface area contributed by atoms with Gasteiger partial charge < -0.3 is 15.0 Å². The number of rotatable bonds is 8. The van der Waals surface area contributed by atoms with Crippen molar-refractivity contribution in [2.75, 3.05) is 50.8 Å². The van der Waals surface area contributed by atoms with E-state index in [1.165, 1.54) is 11.3 Å². The number of piperazine rings is 1. The maximum Gasteiger partial charge on any atom is 0.234 e. The predicted octanol–water partition coefficient (Wildman–Crippen LogP) is 2.05. The van der Waals surface area contributed by atoms with Crippen LogP contribution in [0.4, 0.5) is 5.69 Å². The minimum Gasteiger partial charge on any atom is -0.379 e. The molecule has 0 unspecified atom stereocenters. The van der Waals surface area contributed by atoms with Crippen molar-refractivity contribution in [2.24, 2.45) is 0 Å². The summed E-state index contributed by atoms with van der Waals surface area (Å²) in [5.74, 6) is 0.114. The van der Waals surface area contributed by atoms with Crippen molar-refractivity contribution in [2.45, 2.75) is 33.3 Å². The molecule has 0 aliphatic carbocycles. The second-order valence-corrected chi connectivity index (χ2v) is 6.73. The van der Waals surface area contributed by atoms with Gasteiger partial charge >= 0.3 is 0 Å². The van der Waals surface area contributed by atoms with E-state index in [2.05, 4.69) is 46.3 Å². The molecule has 1 aliphatic rings. The third-order valence-electron chi connectivity index (χ3n) is 4.20. The van der Waals surface area contributed by atoms with Gasteiger partial charge in [0.2, 0.25) is 5.91 Å². The number of carbonyl (C=O) groups excluding carboxylic acids is 1. The molecule has 1 fully saturated rings. The maximum absolute atomic E-state index is 12.0. The van der Waals surface area contributed by atoms with Crippen LogP contribution in [-0.2, 0) is 9.53 Å². The van der Waals surface area contributed by atoms with Crippen molar-refractivity contribution in [1.82, 2.24) is 10.2 Å². The van der Waals surface area contributed by atoms with Crippen LogP contribution in [0, 0.1) is 6.92 Å². The quantitative estimate of drug-likeness (QED) is 0.740. The number of aryl methyl sites for hydroxylation is 1. The van der Waals surface area contributed by atoms with Crippen molar-refractivity contribution >= 4 is 11.6 Å². The monoisotopic (exact) mass is 333 g/mol. The molecular weight excluding hydrogens is 302 g/mol. The molecule has 1 aliphatic heterocycles. The second-order valence-electron chi connectivity index (χ2n) is 6.73. The number of amides is 1. The second kappa shape index (κ2) is 9.64. The molecule has 0 bridgehead atoms. The number of ether oxygens (including phenoxy) is 1. The van der Waals surface area contributed by atoms with Gasteiger partial charge in [-0.15, -0.1) is 0 Å². The van der Waals surface area contributed by atoms with Crippen molar-refractivity contribution < 1.29 is 9.53 Å². The topological polar surface area (TPSA) is 44.8 Å². The molecule has 0 spiro atoms. The molecule has 1 saturated heterocycles. The predicted molar refractivity (Wildman–Crippen MR) is 98.5 cm³/mol. The van der Waals surface area contributed by atoms with Gasteiger partial charge in [0.15, 0.2) is 0 Å². The van der Waals surface area contributed by atoms with E-state index in [4.69, 9.17) is 4.74 Å². The Morgan fingerprint density at radius 1 is 1.25 bits per heavy atom. The Morgan fingerprint density at radius 2 is 2.00 bits per heavy atom. The van der Waals surface area contributed by atoms with E-state index >= 15 is 0 Å². The van der Waals surface area contributed by atoms with Crippen molar-refractivity contribution in [1.29, 1.82) is 0 Å². The van der Waals surface area contributed by atoms with E-state index in [9.17, 15) is 4.79 Å². The van der Waals surface area contributed by atoms with E-state index in [1.807, 2.05) is 13.8 Å². The molecule has 0 radical (unpaired) electrons. The SMILES string of the molecule is Cc1cccc(N2CCN(CC(=O)NCCCOC(C)C)CC2)c1. The zero-order chi connectivity index (χ0) is 17.4. The Hall–Kier alpha value is -1.59. The van der Waals surface area contributed by atoms with Crippen LogP contribution in [0.25, 0.3) is 0 Å². The third-order valence-corrected chi connectivity index (χ3v) is 4.20. The van der Waals surface area contributed by atoms with Crippen LogP contribution in [-0.4, -0.2) is 62.8 Å². The van der Waals surface area contributed by atoms with E-state index in [-0.39, 0.29) is 12.0 Å². The summed E-state index contributed by atoms with van der Waals surface area (Å²) >= 11 is 0. The minimum absolute atomic E-state index is 0.114. The van der Waals surface area contributed by atoms with E-state index in [1.54, 1.807) is 0 Å². The Kier molecular flexibility index (Phi) is 7.53. The lowest BCUT2D eigenvalue weighted by Gasteiger charge is -2.35. The number of hydrogen-bond donors (Lipinski definition) is 1. The maximum atomic E-state index is 12.0. The Balaban J connectivity index is 1.63. The van der Waals surface area contributed by atoms with Crippen LogP contribution in [0.3, 0.4) is 0 Å². The summed E-state index contributed by atoms with van der Waals surface area (Å²) in [6.45, 7) is 11.8. The fourth-order valence-corrected chi connectivity index (χ4v) is 2.87. The molecule has 2 rings (SSSR count). The zero-order valence-electron chi connectivity index (χ0n) is 15.3. The van der Waals surface area contributed by atoms with E-state index < -0.39 is 0 Å². The summed E-state index contributed by atoms with van der Waals surface area (Å²) in [7, 11) is 0. The Labute approximate surface area is 146 Å². The molecule has 1 aromatic carbocycles. The van der Waals surface area contributed by atoms with Gasteiger partial charge in [-0.3, -0.25) is 9.69 Å². The zero-order valence-corrected chi connectivity index (χ0v) is 15.3. The Bertz CT molecular complexity index is 511. The molecule has 24 heavy (non-hydrogen) atoms. The highest BCUT2D eigenvalue weighted by Crippen LogP contribution is 2.17. The lowest BCUT2D eigenvalue weighted by Crippen LogP contribution is -2.49. The largest absolute Gasteiger partial charge is 0.379 e. The standard InChI is InChI=1S/C19H31N3O2/c1-16(2)24-13-5-8-20-19(23)15-21-9-11-22(12-10-21)18-7-4-6-17(3)14-18/h4,6-7,14,16H,5,8-13,15H2,1-3H3,(H,20,23). The molecule has 1 heterocycles. The van der Waals surface area contributed by atoms with Gasteiger partial charge in [-0.05, 0) is 44.9 Å². The summed E-state index contributed by atoms with van der Waals surface area (Å²) in [5.41, 5.74) is 2.57. The van der Waals surface area contributed by atoms with Gasteiger partial charge in [-0.25, -0.2) is 0 Å². The average molecular weight is 333 g/mol. The number of hydrogen-bond acceptors (Lipinski definition) is 4. The molecule has 0 aromatic heterocycles. The van der Waals surface area contributed by atoms with Gasteiger partial charge in [0.1, 0.15) is 0 Å². The van der Waals surface area contributed by atoms with Gasteiger partial charge in [-0.1, -0.05) is 12.1 Å². The molecule has 134 valence electrons. The summed E-state index contributed by atoms with van der Waals surface area (Å²) < 4.78 is 5.47. The molecule has 0 saturated carbocycles. The lowest BCUT2D eigenvalue weighted by atomic mass is 10.2. The summed E-state index contributed by atoms with van der Waals surface area (Å²) in [6.07, 6.45) is 1.12. The molecule has 0 atom stereocenters. The molecule has 5 heteroatoms. The number of nitrogens with zero attached hydrogens (tertiary/aromatic N) is 2. The van der Waals surface area contributed by atoms with Crippen LogP contribution in [0.2, 0.25) is 0 Å². The van der Waals surface area contributed by atoms with E-state index in [0.717, 1.165) is 32.6 Å². The first-order valence-corrected chi connectivity index (χ1v) is 8.97. The van der Waals surface area contributed by atoms with Gasteiger partial charge in [0.25, 0.3) is 0 Å². The van der Waals surface area contributed by atoms with Gasteiger partial charge in [0.05, 0.1) is 12.6 Å². The summed E-state index contributed by atoms with van der Waals surface area (Å²) in [5, 5.41) is 2.98. The van der Waals surface area contributed by atoms with Crippen LogP contribution in [0.1, 0.15) is 25.8 Å². The van der Waals surface area contributed by atoms with Gasteiger partial charge in [-0.2, -0.15) is 0 Å². The summed E-state index contributed by atoms with van der Waals surface area (Å²) in [6, 6.07) is 8.61. The van der Waals surface area contributed by atoms with Crippen molar-refractivity contribution in [3.8, 4) is 0 Å². The normalized spacial score (nSPS) is 15.8.